The van der Waals surface area contributed by atoms with Crippen LogP contribution in [0.4, 0.5) is 0 Å². The van der Waals surface area contributed by atoms with Crippen LogP contribution in [0.25, 0.3) is 0 Å². The summed E-state index contributed by atoms with van der Waals surface area (Å²) in [6.45, 7) is 6.22. The van der Waals surface area contributed by atoms with Crippen LogP contribution in [0.1, 0.15) is 207 Å². The second kappa shape index (κ2) is 50.3. The lowest BCUT2D eigenvalue weighted by atomic mass is 10.0. The fourth-order valence-corrected chi connectivity index (χ4v) is 7.01. The molecule has 0 saturated heterocycles. The van der Waals surface area contributed by atoms with Crippen LogP contribution in [0.2, 0.25) is 0 Å². The molecule has 0 spiro atoms. The van der Waals surface area contributed by atoms with Crippen molar-refractivity contribution >= 4 is 11.9 Å². The Hall–Kier alpha value is -3.74. The van der Waals surface area contributed by atoms with Crippen molar-refractivity contribution in [2.45, 2.75) is 225 Å². The third-order valence-electron chi connectivity index (χ3n) is 10.9. The Kier molecular flexibility index (Phi) is 47.3. The average Bonchev–Trinajstić information content (AvgIpc) is 3.29. The molecule has 0 saturated carbocycles. The number of ether oxygens (including phenoxy) is 1. The van der Waals surface area contributed by atoms with E-state index < -0.39 is 18.2 Å². The summed E-state index contributed by atoms with van der Waals surface area (Å²) in [5.74, 6) is -0.669. The lowest BCUT2D eigenvalue weighted by Crippen LogP contribution is -2.46. The molecule has 0 rings (SSSR count). The Morgan fingerprint density at radius 1 is 0.500 bits per heavy atom. The predicted octanol–water partition coefficient (Wildman–Crippen LogP) is 15.7. The van der Waals surface area contributed by atoms with Gasteiger partial charge in [-0.25, -0.2) is 0 Å². The highest BCUT2D eigenvalue weighted by atomic mass is 16.5. The summed E-state index contributed by atoms with van der Waals surface area (Å²) < 4.78 is 5.81. The number of unbranched alkanes of at least 4 members (excludes halogenated alkanes) is 18. The number of rotatable bonds is 44. The molecule has 6 nitrogen and oxygen atoms in total. The lowest BCUT2D eigenvalue weighted by Gasteiger charge is -2.23. The zero-order valence-electron chi connectivity index (χ0n) is 41.1. The molecule has 1 amide bonds. The van der Waals surface area contributed by atoms with Gasteiger partial charge < -0.3 is 20.3 Å². The smallest absolute Gasteiger partial charge is 0.306 e. The number of allylic oxidation sites excluding steroid dienone is 19. The van der Waals surface area contributed by atoms with Crippen molar-refractivity contribution in [1.82, 2.24) is 5.32 Å². The van der Waals surface area contributed by atoms with Gasteiger partial charge >= 0.3 is 5.97 Å². The van der Waals surface area contributed by atoms with Gasteiger partial charge in [-0.1, -0.05) is 245 Å². The molecule has 362 valence electrons. The summed E-state index contributed by atoms with van der Waals surface area (Å²) in [5.41, 5.74) is 0. The molecule has 0 fully saturated rings. The molecule has 0 aromatic carbocycles. The van der Waals surface area contributed by atoms with Gasteiger partial charge in [-0.2, -0.15) is 0 Å². The zero-order valence-corrected chi connectivity index (χ0v) is 41.1. The number of hydrogen-bond acceptors (Lipinski definition) is 5. The molecule has 0 aliphatic rings. The van der Waals surface area contributed by atoms with Crippen molar-refractivity contribution in [3.63, 3.8) is 0 Å². The highest BCUT2D eigenvalue weighted by molar-refractivity contribution is 5.78. The van der Waals surface area contributed by atoms with Crippen molar-refractivity contribution in [3.8, 4) is 0 Å². The van der Waals surface area contributed by atoms with E-state index in [1.807, 2.05) is 36.5 Å². The SMILES string of the molecule is CC/C=C/C/C=C/C/C=C/C/C=C/C/C=C/C(CC(=O)NC(CO)C(O)CCCCCCCCCCCCCCC)OC(=O)CCCCCCC/C=C/C=C/C=C/C=C/C=C/CCC. The molecule has 0 radical (unpaired) electrons. The number of carbonyl (C=O) groups excluding carboxylic acids is 2. The van der Waals surface area contributed by atoms with Crippen molar-refractivity contribution < 1.29 is 24.5 Å². The van der Waals surface area contributed by atoms with Gasteiger partial charge in [0.25, 0.3) is 0 Å². The lowest BCUT2D eigenvalue weighted by molar-refractivity contribution is -0.148. The number of amides is 1. The Bertz CT molecular complexity index is 1360. The van der Waals surface area contributed by atoms with E-state index in [4.69, 9.17) is 4.74 Å². The van der Waals surface area contributed by atoms with Crippen LogP contribution < -0.4 is 5.32 Å². The van der Waals surface area contributed by atoms with Crippen molar-refractivity contribution in [1.29, 1.82) is 0 Å². The summed E-state index contributed by atoms with van der Waals surface area (Å²) in [6, 6.07) is -0.756. The second-order valence-corrected chi connectivity index (χ2v) is 17.0. The topological polar surface area (TPSA) is 95.9 Å². The van der Waals surface area contributed by atoms with Gasteiger partial charge in [0.15, 0.2) is 0 Å². The first kappa shape index (κ1) is 60.3. The number of aliphatic hydroxyl groups is 2. The quantitative estimate of drug-likeness (QED) is 0.0245. The first-order valence-electron chi connectivity index (χ1n) is 25.8. The molecule has 3 N–H and O–H groups in total. The van der Waals surface area contributed by atoms with Gasteiger partial charge in [0, 0.05) is 6.42 Å². The molecule has 0 aromatic heterocycles. The monoisotopic (exact) mass is 886 g/mol. The van der Waals surface area contributed by atoms with Gasteiger partial charge in [-0.3, -0.25) is 9.59 Å². The predicted molar refractivity (Wildman–Crippen MR) is 277 cm³/mol. The summed E-state index contributed by atoms with van der Waals surface area (Å²) >= 11 is 0. The molecule has 64 heavy (non-hydrogen) atoms. The maximum absolute atomic E-state index is 13.2. The van der Waals surface area contributed by atoms with Crippen molar-refractivity contribution in [2.24, 2.45) is 0 Å². The van der Waals surface area contributed by atoms with Crippen LogP contribution >= 0.6 is 0 Å². The molecule has 0 aliphatic carbocycles. The van der Waals surface area contributed by atoms with E-state index in [-0.39, 0.29) is 24.9 Å². The first-order valence-corrected chi connectivity index (χ1v) is 25.8. The van der Waals surface area contributed by atoms with Gasteiger partial charge in [0.2, 0.25) is 5.91 Å². The summed E-state index contributed by atoms with van der Waals surface area (Å²) in [6.07, 6.45) is 69.9. The molecule has 0 aliphatic heterocycles. The molecule has 0 bridgehead atoms. The number of carbonyl (C=O) groups is 2. The normalized spacial score (nSPS) is 14.3. The highest BCUT2D eigenvalue weighted by Gasteiger charge is 2.23. The third-order valence-corrected chi connectivity index (χ3v) is 10.9. The minimum absolute atomic E-state index is 0.0643. The average molecular weight is 886 g/mol. The molecule has 3 unspecified atom stereocenters. The minimum Gasteiger partial charge on any atom is -0.458 e. The number of nitrogens with one attached hydrogen (secondary N) is 1. The fraction of sp³-hybridized carbons (Fsp3) is 0.621. The standard InChI is InChI=1S/C58H95NO5/c1-4-7-10-13-16-19-22-25-27-28-29-30-33-36-39-42-45-48-51-58(63)64-54(49-46-43-40-37-34-32-26-23-20-17-14-11-8-5-2)52-57(62)59-55(53-60)56(61)50-47-44-41-38-35-31-24-21-18-15-12-9-6-3/h8,10-11,13,16-17,19-20,22,25-30,32,37,40,46,49,54-56,60-61H,4-7,9,12,14-15,18,21,23-24,31,33-36,38-39,41-45,47-48,50-53H2,1-3H3,(H,59,62)/b11-8+,13-10+,19-16+,20-17+,25-22+,28-27+,30-29+,32-26+,40-37+,49-46+. The van der Waals surface area contributed by atoms with E-state index in [9.17, 15) is 19.8 Å². The summed E-state index contributed by atoms with van der Waals surface area (Å²) in [4.78, 5) is 26.1. The molecule has 6 heteroatoms. The fourth-order valence-electron chi connectivity index (χ4n) is 7.01. The number of hydrogen-bond donors (Lipinski definition) is 3. The van der Waals surface area contributed by atoms with E-state index in [0.29, 0.717) is 19.3 Å². The molecule has 0 aromatic rings. The van der Waals surface area contributed by atoms with E-state index in [2.05, 4.69) is 105 Å². The van der Waals surface area contributed by atoms with Gasteiger partial charge in [0.1, 0.15) is 6.10 Å². The second-order valence-electron chi connectivity index (χ2n) is 17.0. The third kappa shape index (κ3) is 44.9. The highest BCUT2D eigenvalue weighted by Crippen LogP contribution is 2.15. The van der Waals surface area contributed by atoms with Gasteiger partial charge in [0.05, 0.1) is 25.2 Å². The molecule has 0 heterocycles. The van der Waals surface area contributed by atoms with Crippen LogP contribution in [0.15, 0.2) is 122 Å². The molecule has 3 atom stereocenters. The molecular weight excluding hydrogens is 791 g/mol. The maximum Gasteiger partial charge on any atom is 0.306 e. The Balaban J connectivity index is 4.80. The molecular formula is C58H95NO5. The minimum atomic E-state index is -0.831. The zero-order chi connectivity index (χ0) is 46.7. The number of aliphatic hydroxyl groups excluding tert-OH is 2. The van der Waals surface area contributed by atoms with E-state index >= 15 is 0 Å². The maximum atomic E-state index is 13.2. The van der Waals surface area contributed by atoms with Gasteiger partial charge in [-0.05, 0) is 70.3 Å². The van der Waals surface area contributed by atoms with Crippen LogP contribution in [-0.2, 0) is 14.3 Å². The van der Waals surface area contributed by atoms with Crippen molar-refractivity contribution in [2.75, 3.05) is 6.61 Å². The summed E-state index contributed by atoms with van der Waals surface area (Å²) in [7, 11) is 0. The van der Waals surface area contributed by atoms with Crippen LogP contribution in [0, 0.1) is 0 Å². The van der Waals surface area contributed by atoms with E-state index in [1.165, 1.54) is 70.6 Å². The van der Waals surface area contributed by atoms with Gasteiger partial charge in [-0.15, -0.1) is 0 Å². The van der Waals surface area contributed by atoms with Crippen molar-refractivity contribution in [3.05, 3.63) is 122 Å². The Morgan fingerprint density at radius 3 is 1.47 bits per heavy atom. The van der Waals surface area contributed by atoms with Crippen LogP contribution in [0.5, 0.6) is 0 Å². The van der Waals surface area contributed by atoms with E-state index in [1.54, 1.807) is 6.08 Å². The largest absolute Gasteiger partial charge is 0.458 e. The van der Waals surface area contributed by atoms with Crippen LogP contribution in [0.3, 0.4) is 0 Å². The van der Waals surface area contributed by atoms with Crippen LogP contribution in [-0.4, -0.2) is 46.9 Å². The van der Waals surface area contributed by atoms with E-state index in [0.717, 1.165) is 89.9 Å². The summed E-state index contributed by atoms with van der Waals surface area (Å²) in [5, 5.41) is 23.7. The number of esters is 1. The Labute approximate surface area is 393 Å². The Morgan fingerprint density at radius 2 is 0.953 bits per heavy atom. The first-order chi connectivity index (χ1) is 31.5.